The molecule has 0 aromatic heterocycles. The summed E-state index contributed by atoms with van der Waals surface area (Å²) in [5.41, 5.74) is 0.594. The van der Waals surface area contributed by atoms with E-state index in [-0.39, 0.29) is 29.6 Å². The number of fused-ring (bicyclic) bond motifs is 3. The van der Waals surface area contributed by atoms with Crippen molar-refractivity contribution in [3.63, 3.8) is 0 Å². The second-order valence-electron chi connectivity index (χ2n) is 5.75. The quantitative estimate of drug-likeness (QED) is 0.735. The van der Waals surface area contributed by atoms with Crippen LogP contribution in [0.2, 0.25) is 0 Å². The zero-order chi connectivity index (χ0) is 14.6. The monoisotopic (exact) mass is 282 g/mol. The molecule has 0 N–H and O–H groups in total. The van der Waals surface area contributed by atoms with E-state index < -0.39 is 6.04 Å². The Morgan fingerprint density at radius 2 is 1.81 bits per heavy atom. The molecule has 4 rings (SSSR count). The van der Waals surface area contributed by atoms with E-state index in [1.54, 1.807) is 35.2 Å². The van der Waals surface area contributed by atoms with Crippen molar-refractivity contribution in [3.05, 3.63) is 42.5 Å². The molecule has 2 heterocycles. The van der Waals surface area contributed by atoms with Gasteiger partial charge in [-0.3, -0.25) is 9.59 Å². The fraction of sp³-hybridized carbons (Fsp3) is 0.312. The number of hydrogen-bond donors (Lipinski definition) is 0. The second kappa shape index (κ2) is 4.28. The average molecular weight is 282 g/mol. The highest BCUT2D eigenvalue weighted by Gasteiger charge is 2.56. The summed E-state index contributed by atoms with van der Waals surface area (Å²) >= 11 is 0. The van der Waals surface area contributed by atoms with Gasteiger partial charge < -0.3 is 4.90 Å². The van der Waals surface area contributed by atoms with Crippen LogP contribution in [-0.4, -0.2) is 35.2 Å². The van der Waals surface area contributed by atoms with Crippen LogP contribution < -0.4 is 4.90 Å². The van der Waals surface area contributed by atoms with Crippen molar-refractivity contribution in [2.75, 3.05) is 11.4 Å². The van der Waals surface area contributed by atoms with E-state index in [2.05, 4.69) is 0 Å². The summed E-state index contributed by atoms with van der Waals surface area (Å²) < 4.78 is 0. The van der Waals surface area contributed by atoms with Crippen molar-refractivity contribution in [2.24, 2.45) is 11.8 Å². The fourth-order valence-electron chi connectivity index (χ4n) is 3.62. The highest BCUT2D eigenvalue weighted by Crippen LogP contribution is 2.41. The minimum atomic E-state index is -0.489. The first-order valence-corrected chi connectivity index (χ1v) is 7.07. The molecule has 2 saturated heterocycles. The van der Waals surface area contributed by atoms with Gasteiger partial charge in [-0.2, -0.15) is 0 Å². The number of para-hydroxylation sites is 1. The van der Waals surface area contributed by atoms with Gasteiger partial charge in [0.1, 0.15) is 6.04 Å². The largest absolute Gasteiger partial charge is 0.332 e. The minimum Gasteiger partial charge on any atom is -0.311 e. The zero-order valence-electron chi connectivity index (χ0n) is 11.3. The number of anilines is 1. The first-order chi connectivity index (χ1) is 10.2. The Morgan fingerprint density at radius 1 is 1.05 bits per heavy atom. The molecule has 0 unspecified atom stereocenters. The van der Waals surface area contributed by atoms with Gasteiger partial charge in [0, 0.05) is 24.8 Å². The number of ketones is 1. The number of carbonyl (C=O) groups is 3. The third-order valence-corrected chi connectivity index (χ3v) is 4.59. The van der Waals surface area contributed by atoms with E-state index in [0.29, 0.717) is 18.7 Å². The average Bonchev–Trinajstić information content (AvgIpc) is 2.97. The lowest BCUT2D eigenvalue weighted by Crippen LogP contribution is -2.37. The fourth-order valence-corrected chi connectivity index (χ4v) is 3.62. The predicted molar refractivity (Wildman–Crippen MR) is 75.6 cm³/mol. The van der Waals surface area contributed by atoms with Gasteiger partial charge in [-0.25, -0.2) is 9.69 Å². The summed E-state index contributed by atoms with van der Waals surface area (Å²) in [5.74, 6) is -0.121. The smallest absolute Gasteiger partial charge is 0.311 e. The number of urea groups is 1. The van der Waals surface area contributed by atoms with Crippen LogP contribution in [0.25, 0.3) is 0 Å². The Bertz CT molecular complexity index is 667. The minimum absolute atomic E-state index is 0.0384. The highest BCUT2D eigenvalue weighted by molar-refractivity contribution is 6.22. The van der Waals surface area contributed by atoms with Gasteiger partial charge in [0.2, 0.25) is 0 Å². The van der Waals surface area contributed by atoms with Gasteiger partial charge in [0.25, 0.3) is 5.91 Å². The van der Waals surface area contributed by atoms with Crippen LogP contribution in [-0.2, 0) is 9.59 Å². The topological polar surface area (TPSA) is 57.7 Å². The lowest BCUT2D eigenvalue weighted by atomic mass is 9.82. The lowest BCUT2D eigenvalue weighted by molar-refractivity contribution is -0.121. The van der Waals surface area contributed by atoms with Crippen molar-refractivity contribution < 1.29 is 14.4 Å². The van der Waals surface area contributed by atoms with Crippen molar-refractivity contribution in [2.45, 2.75) is 12.5 Å². The summed E-state index contributed by atoms with van der Waals surface area (Å²) in [4.78, 5) is 39.7. The number of hydrogen-bond acceptors (Lipinski definition) is 3. The van der Waals surface area contributed by atoms with Crippen molar-refractivity contribution in [3.8, 4) is 0 Å². The number of nitrogens with zero attached hydrogens (tertiary/aromatic N) is 2. The number of carbonyl (C=O) groups excluding carboxylic acids is 3. The van der Waals surface area contributed by atoms with Crippen LogP contribution in [0.15, 0.2) is 42.5 Å². The van der Waals surface area contributed by atoms with Crippen molar-refractivity contribution >= 4 is 23.4 Å². The lowest BCUT2D eigenvalue weighted by Gasteiger charge is -2.22. The summed E-state index contributed by atoms with van der Waals surface area (Å²) in [6.45, 7) is 0.521. The van der Waals surface area contributed by atoms with Gasteiger partial charge in [0.05, 0.1) is 5.69 Å². The Kier molecular flexibility index (Phi) is 2.51. The molecule has 21 heavy (non-hydrogen) atoms. The maximum atomic E-state index is 12.7. The van der Waals surface area contributed by atoms with E-state index in [9.17, 15) is 14.4 Å². The Balaban J connectivity index is 1.70. The van der Waals surface area contributed by atoms with E-state index in [0.717, 1.165) is 0 Å². The van der Waals surface area contributed by atoms with E-state index in [1.165, 1.54) is 4.90 Å². The molecule has 0 spiro atoms. The van der Waals surface area contributed by atoms with E-state index in [1.807, 2.05) is 12.1 Å². The summed E-state index contributed by atoms with van der Waals surface area (Å²) in [5, 5.41) is 0. The van der Waals surface area contributed by atoms with Crippen LogP contribution in [0, 0.1) is 11.8 Å². The number of rotatable bonds is 1. The number of allylic oxidation sites excluding steroid dienone is 1. The third kappa shape index (κ3) is 1.67. The molecule has 3 amide bonds. The maximum absolute atomic E-state index is 12.7. The van der Waals surface area contributed by atoms with Crippen LogP contribution in [0.4, 0.5) is 10.5 Å². The molecule has 0 radical (unpaired) electrons. The van der Waals surface area contributed by atoms with E-state index >= 15 is 0 Å². The molecule has 0 saturated carbocycles. The van der Waals surface area contributed by atoms with E-state index in [4.69, 9.17) is 0 Å². The van der Waals surface area contributed by atoms with Gasteiger partial charge >= 0.3 is 6.03 Å². The molecule has 0 bridgehead atoms. The number of amides is 3. The molecular formula is C16H14N2O3. The van der Waals surface area contributed by atoms with Gasteiger partial charge in [-0.1, -0.05) is 24.3 Å². The molecule has 5 nitrogen and oxygen atoms in total. The van der Waals surface area contributed by atoms with Gasteiger partial charge in [-0.15, -0.1) is 0 Å². The highest BCUT2D eigenvalue weighted by atomic mass is 16.2. The van der Waals surface area contributed by atoms with Crippen LogP contribution >= 0.6 is 0 Å². The summed E-state index contributed by atoms with van der Waals surface area (Å²) in [6, 6.07) is 8.19. The van der Waals surface area contributed by atoms with Crippen LogP contribution in [0.5, 0.6) is 0 Å². The number of imide groups is 1. The third-order valence-electron chi connectivity index (χ3n) is 4.59. The Labute approximate surface area is 121 Å². The van der Waals surface area contributed by atoms with Crippen molar-refractivity contribution in [1.29, 1.82) is 0 Å². The normalized spacial score (nSPS) is 30.9. The second-order valence-corrected chi connectivity index (χ2v) is 5.75. The van der Waals surface area contributed by atoms with Gasteiger partial charge in [0.15, 0.2) is 5.78 Å². The van der Waals surface area contributed by atoms with Crippen LogP contribution in [0.3, 0.4) is 0 Å². The molecule has 1 aliphatic carbocycles. The molecule has 5 heteroatoms. The number of benzene rings is 1. The predicted octanol–water partition coefficient (Wildman–Crippen LogP) is 1.60. The molecule has 106 valence electrons. The first kappa shape index (κ1) is 12.3. The Hall–Kier alpha value is -2.43. The molecule has 1 aromatic rings. The SMILES string of the molecule is O=C1C=C[C@H]2CN3C(=O)N(c4ccccc4)C(=O)[C@@H]3[C@H]2C1. The molecule has 1 aromatic carbocycles. The maximum Gasteiger partial charge on any atom is 0.332 e. The van der Waals surface area contributed by atoms with Crippen molar-refractivity contribution in [1.82, 2.24) is 4.90 Å². The molecule has 2 fully saturated rings. The summed E-state index contributed by atoms with van der Waals surface area (Å²) in [6.07, 6.45) is 3.78. The Morgan fingerprint density at radius 3 is 2.57 bits per heavy atom. The summed E-state index contributed by atoms with van der Waals surface area (Å²) in [7, 11) is 0. The first-order valence-electron chi connectivity index (χ1n) is 7.07. The van der Waals surface area contributed by atoms with Gasteiger partial charge in [-0.05, 0) is 18.2 Å². The van der Waals surface area contributed by atoms with Crippen LogP contribution in [0.1, 0.15) is 6.42 Å². The zero-order valence-corrected chi connectivity index (χ0v) is 11.3. The molecule has 3 atom stereocenters. The molecular weight excluding hydrogens is 268 g/mol. The molecule has 2 aliphatic heterocycles. The molecule has 3 aliphatic rings. The standard InChI is InChI=1S/C16H14N2O3/c19-12-7-6-10-9-17-14(13(10)8-12)15(20)18(16(17)21)11-4-2-1-3-5-11/h1-7,10,13-14H,8-9H2/t10-,13-,14-/m0/s1.